The average Bonchev–Trinajstić information content (AvgIpc) is 1.80. The average molecular weight is 216 g/mol. The monoisotopic (exact) mass is 216 g/mol. The maximum atomic E-state index is 6.12. The summed E-state index contributed by atoms with van der Waals surface area (Å²) in [5.41, 5.74) is 1.27. The van der Waals surface area contributed by atoms with Crippen LogP contribution in [0, 0.1) is 10.8 Å². The van der Waals surface area contributed by atoms with Crippen LogP contribution in [-0.4, -0.2) is 10.5 Å². The van der Waals surface area contributed by atoms with Crippen molar-refractivity contribution in [2.75, 3.05) is 0 Å². The molecule has 0 aromatic rings. The van der Waals surface area contributed by atoms with E-state index >= 15 is 0 Å². The molecule has 14 heavy (non-hydrogen) atoms. The summed E-state index contributed by atoms with van der Waals surface area (Å²) in [5.74, 6) is 0. The highest BCUT2D eigenvalue weighted by Crippen LogP contribution is 2.40. The Morgan fingerprint density at radius 3 is 1.57 bits per heavy atom. The first-order valence-corrected chi connectivity index (χ1v) is 5.67. The highest BCUT2D eigenvalue weighted by Gasteiger charge is 2.38. The summed E-state index contributed by atoms with van der Waals surface area (Å²) in [6, 6.07) is 0. The van der Waals surface area contributed by atoms with Crippen molar-refractivity contribution in [1.29, 1.82) is 0 Å². The van der Waals surface area contributed by atoms with Gasteiger partial charge in [-0.3, -0.25) is 5.41 Å². The van der Waals surface area contributed by atoms with E-state index in [0.29, 0.717) is 0 Å². The molecule has 0 spiro atoms. The SMILES string of the molecule is CC(C)(C)C(=[NH2+])CC(C)(C)C(C)(C)S. The third kappa shape index (κ3) is 3.64. The van der Waals surface area contributed by atoms with Crippen LogP contribution in [0.1, 0.15) is 54.9 Å². The predicted molar refractivity (Wildman–Crippen MR) is 67.9 cm³/mol. The fourth-order valence-electron chi connectivity index (χ4n) is 0.958. The Morgan fingerprint density at radius 2 is 1.36 bits per heavy atom. The van der Waals surface area contributed by atoms with Crippen LogP contribution in [0.5, 0.6) is 0 Å². The molecule has 0 saturated carbocycles. The minimum Gasteiger partial charge on any atom is -0.261 e. The lowest BCUT2D eigenvalue weighted by atomic mass is 9.72. The largest absolute Gasteiger partial charge is 0.261 e. The van der Waals surface area contributed by atoms with Crippen LogP contribution >= 0.6 is 12.6 Å². The molecule has 1 nitrogen and oxygen atoms in total. The fraction of sp³-hybridized carbons (Fsp3) is 0.917. The van der Waals surface area contributed by atoms with E-state index in [0.717, 1.165) is 12.1 Å². The lowest BCUT2D eigenvalue weighted by Gasteiger charge is -2.38. The van der Waals surface area contributed by atoms with Gasteiger partial charge in [0.1, 0.15) is 0 Å². The maximum Gasteiger partial charge on any atom is 0.154 e. The van der Waals surface area contributed by atoms with Crippen molar-refractivity contribution in [3.05, 3.63) is 0 Å². The molecule has 0 rings (SSSR count). The highest BCUT2D eigenvalue weighted by molar-refractivity contribution is 7.81. The van der Waals surface area contributed by atoms with Crippen LogP contribution in [0.4, 0.5) is 0 Å². The fourth-order valence-corrected chi connectivity index (χ4v) is 1.04. The first-order valence-electron chi connectivity index (χ1n) is 5.22. The van der Waals surface area contributed by atoms with Gasteiger partial charge in [-0.15, -0.1) is 0 Å². The van der Waals surface area contributed by atoms with Gasteiger partial charge in [0.2, 0.25) is 0 Å². The van der Waals surface area contributed by atoms with E-state index in [1.54, 1.807) is 0 Å². The Hall–Kier alpha value is 0.0200. The van der Waals surface area contributed by atoms with Crippen LogP contribution in [0.2, 0.25) is 0 Å². The minimum absolute atomic E-state index is 0.0110. The smallest absolute Gasteiger partial charge is 0.154 e. The van der Waals surface area contributed by atoms with Gasteiger partial charge >= 0.3 is 0 Å². The Bertz CT molecular complexity index is 215. The quantitative estimate of drug-likeness (QED) is 0.535. The van der Waals surface area contributed by atoms with E-state index in [4.69, 9.17) is 5.41 Å². The van der Waals surface area contributed by atoms with Gasteiger partial charge in [-0.05, 0) is 5.41 Å². The van der Waals surface area contributed by atoms with E-state index in [1.165, 1.54) is 0 Å². The molecular weight excluding hydrogens is 190 g/mol. The number of thiol groups is 1. The molecule has 0 aliphatic rings. The van der Waals surface area contributed by atoms with Crippen molar-refractivity contribution in [2.24, 2.45) is 10.8 Å². The van der Waals surface area contributed by atoms with Crippen molar-refractivity contribution < 1.29 is 5.41 Å². The molecule has 0 amide bonds. The first kappa shape index (κ1) is 14.0. The minimum atomic E-state index is -0.0110. The zero-order valence-electron chi connectivity index (χ0n) is 10.7. The second kappa shape index (κ2) is 3.88. The van der Waals surface area contributed by atoms with E-state index < -0.39 is 0 Å². The number of hydrogen-bond acceptors (Lipinski definition) is 1. The van der Waals surface area contributed by atoms with E-state index in [1.807, 2.05) is 0 Å². The second-order valence-corrected chi connectivity index (χ2v) is 7.51. The van der Waals surface area contributed by atoms with Crippen molar-refractivity contribution in [3.63, 3.8) is 0 Å². The van der Waals surface area contributed by atoms with Gasteiger partial charge in [0.15, 0.2) is 5.71 Å². The molecule has 0 unspecified atom stereocenters. The van der Waals surface area contributed by atoms with Crippen LogP contribution in [0.25, 0.3) is 0 Å². The summed E-state index contributed by atoms with van der Waals surface area (Å²) < 4.78 is -0.0110. The summed E-state index contributed by atoms with van der Waals surface area (Å²) in [7, 11) is 0. The Labute approximate surface area is 94.6 Å². The molecule has 0 aliphatic heterocycles. The molecule has 84 valence electrons. The summed E-state index contributed by atoms with van der Waals surface area (Å²) in [4.78, 5) is 0. The van der Waals surface area contributed by atoms with Crippen LogP contribution in [0.3, 0.4) is 0 Å². The Balaban J connectivity index is 4.62. The van der Waals surface area contributed by atoms with E-state index in [9.17, 15) is 0 Å². The molecule has 0 saturated heterocycles. The van der Waals surface area contributed by atoms with Crippen LogP contribution in [-0.2, 0) is 0 Å². The van der Waals surface area contributed by atoms with Crippen molar-refractivity contribution in [2.45, 2.75) is 59.6 Å². The standard InChI is InChI=1S/C12H25NS/c1-10(2,3)9(13)8-11(4,5)12(6,7)14/h13-14H,8H2,1-7H3/p+1. The number of nitrogens with two attached hydrogens (primary N) is 1. The number of hydrogen-bond donors (Lipinski definition) is 2. The Morgan fingerprint density at radius 1 is 1.00 bits per heavy atom. The van der Waals surface area contributed by atoms with Gasteiger partial charge in [0.25, 0.3) is 0 Å². The van der Waals surface area contributed by atoms with Crippen molar-refractivity contribution in [3.8, 4) is 0 Å². The summed E-state index contributed by atoms with van der Waals surface area (Å²) in [6.07, 6.45) is 0.924. The summed E-state index contributed by atoms with van der Waals surface area (Å²) in [5, 5.41) is 6.12. The zero-order valence-corrected chi connectivity index (χ0v) is 11.6. The van der Waals surface area contributed by atoms with Crippen LogP contribution in [0.15, 0.2) is 0 Å². The third-order valence-corrected chi connectivity index (χ3v) is 3.86. The molecular formula is C12H26NS+. The molecule has 0 heterocycles. The van der Waals surface area contributed by atoms with Gasteiger partial charge < -0.3 is 0 Å². The lowest BCUT2D eigenvalue weighted by molar-refractivity contribution is -0.128. The van der Waals surface area contributed by atoms with Gasteiger partial charge in [0.05, 0.1) is 0 Å². The maximum absolute atomic E-state index is 6.12. The first-order chi connectivity index (χ1) is 5.88. The molecule has 2 N–H and O–H groups in total. The molecule has 0 fully saturated rings. The molecule has 0 aliphatic carbocycles. The van der Waals surface area contributed by atoms with Gasteiger partial charge in [0, 0.05) is 16.6 Å². The Kier molecular flexibility index (Phi) is 3.89. The van der Waals surface area contributed by atoms with E-state index in [2.05, 4.69) is 61.1 Å². The molecule has 2 heteroatoms. The number of rotatable bonds is 3. The third-order valence-electron chi connectivity index (χ3n) is 3.25. The summed E-state index contributed by atoms with van der Waals surface area (Å²) in [6.45, 7) is 15.2. The van der Waals surface area contributed by atoms with Gasteiger partial charge in [-0.1, -0.05) is 48.5 Å². The second-order valence-electron chi connectivity index (χ2n) is 6.39. The molecule has 0 aromatic carbocycles. The summed E-state index contributed by atoms with van der Waals surface area (Å²) >= 11 is 4.64. The molecule has 0 aromatic heterocycles. The normalized spacial score (nSPS) is 14.3. The van der Waals surface area contributed by atoms with Crippen molar-refractivity contribution >= 4 is 18.3 Å². The highest BCUT2D eigenvalue weighted by atomic mass is 32.1. The predicted octanol–water partition coefficient (Wildman–Crippen LogP) is 2.36. The molecule has 0 atom stereocenters. The molecule has 0 bridgehead atoms. The van der Waals surface area contributed by atoms with Crippen molar-refractivity contribution in [1.82, 2.24) is 0 Å². The zero-order chi connectivity index (χ0) is 11.8. The van der Waals surface area contributed by atoms with Gasteiger partial charge in [-0.25, -0.2) is 0 Å². The molecule has 0 radical (unpaired) electrons. The van der Waals surface area contributed by atoms with Gasteiger partial charge in [-0.2, -0.15) is 12.6 Å². The lowest BCUT2D eigenvalue weighted by Crippen LogP contribution is -2.51. The topological polar surface area (TPSA) is 25.6 Å². The van der Waals surface area contributed by atoms with Crippen LogP contribution < -0.4 is 5.41 Å². The van der Waals surface area contributed by atoms with E-state index in [-0.39, 0.29) is 15.6 Å².